The molecule has 5 heteroatoms. The summed E-state index contributed by atoms with van der Waals surface area (Å²) in [5, 5.41) is 20.7. The van der Waals surface area contributed by atoms with E-state index in [9.17, 15) is 5.11 Å². The molecule has 0 fully saturated rings. The SMILES string of the molecule is [CH2]COc1cccc(O)c1-c1cccc2[nH]nnc12. The van der Waals surface area contributed by atoms with Crippen LogP contribution in [0, 0.1) is 6.92 Å². The van der Waals surface area contributed by atoms with Crippen molar-refractivity contribution in [2.24, 2.45) is 0 Å². The molecule has 1 radical (unpaired) electrons. The van der Waals surface area contributed by atoms with E-state index < -0.39 is 0 Å². The first-order valence-electron chi connectivity index (χ1n) is 5.85. The highest BCUT2D eigenvalue weighted by Gasteiger charge is 2.15. The zero-order chi connectivity index (χ0) is 13.2. The molecule has 0 bridgehead atoms. The number of rotatable bonds is 3. The summed E-state index contributed by atoms with van der Waals surface area (Å²) < 4.78 is 5.47. The maximum Gasteiger partial charge on any atom is 0.130 e. The van der Waals surface area contributed by atoms with E-state index in [2.05, 4.69) is 22.3 Å². The van der Waals surface area contributed by atoms with Gasteiger partial charge in [0, 0.05) is 5.56 Å². The van der Waals surface area contributed by atoms with E-state index >= 15 is 0 Å². The zero-order valence-electron chi connectivity index (χ0n) is 10.1. The molecule has 3 rings (SSSR count). The van der Waals surface area contributed by atoms with E-state index in [1.54, 1.807) is 18.2 Å². The summed E-state index contributed by atoms with van der Waals surface area (Å²) >= 11 is 0. The van der Waals surface area contributed by atoms with E-state index in [0.29, 0.717) is 16.8 Å². The second-order valence-electron chi connectivity index (χ2n) is 4.01. The normalized spacial score (nSPS) is 10.8. The van der Waals surface area contributed by atoms with Gasteiger partial charge in [-0.15, -0.1) is 5.10 Å². The van der Waals surface area contributed by atoms with E-state index in [-0.39, 0.29) is 12.4 Å². The zero-order valence-corrected chi connectivity index (χ0v) is 10.1. The summed E-state index contributed by atoms with van der Waals surface area (Å²) in [7, 11) is 0. The Labute approximate surface area is 109 Å². The number of fused-ring (bicyclic) bond motifs is 1. The number of aromatic amines is 1. The second-order valence-corrected chi connectivity index (χ2v) is 4.01. The number of hydrogen-bond acceptors (Lipinski definition) is 4. The summed E-state index contributed by atoms with van der Waals surface area (Å²) in [4.78, 5) is 0. The first-order valence-corrected chi connectivity index (χ1v) is 5.85. The number of aromatic nitrogens is 3. The van der Waals surface area contributed by atoms with Crippen molar-refractivity contribution in [2.75, 3.05) is 6.61 Å². The van der Waals surface area contributed by atoms with Crippen molar-refractivity contribution in [3.05, 3.63) is 43.3 Å². The molecule has 0 saturated heterocycles. The molecule has 1 aromatic heterocycles. The molecule has 0 aliphatic carbocycles. The third kappa shape index (κ3) is 1.89. The molecule has 0 spiro atoms. The monoisotopic (exact) mass is 254 g/mol. The Morgan fingerprint density at radius 1 is 1.21 bits per heavy atom. The highest BCUT2D eigenvalue weighted by molar-refractivity contribution is 5.95. The van der Waals surface area contributed by atoms with Crippen LogP contribution in [0.15, 0.2) is 36.4 Å². The highest BCUT2D eigenvalue weighted by atomic mass is 16.5. The van der Waals surface area contributed by atoms with E-state index in [4.69, 9.17) is 4.74 Å². The number of aromatic hydroxyl groups is 1. The predicted octanol–water partition coefficient (Wildman–Crippen LogP) is 2.54. The summed E-state index contributed by atoms with van der Waals surface area (Å²) in [6.45, 7) is 3.94. The van der Waals surface area contributed by atoms with Gasteiger partial charge in [0.15, 0.2) is 0 Å². The smallest absolute Gasteiger partial charge is 0.130 e. The van der Waals surface area contributed by atoms with E-state index in [1.807, 2.05) is 18.2 Å². The fourth-order valence-corrected chi connectivity index (χ4v) is 2.09. The first kappa shape index (κ1) is 11.5. The van der Waals surface area contributed by atoms with Crippen molar-refractivity contribution >= 4 is 11.0 Å². The number of phenolic OH excluding ortho intramolecular Hbond substituents is 1. The molecule has 19 heavy (non-hydrogen) atoms. The quantitative estimate of drug-likeness (QED) is 0.753. The second kappa shape index (κ2) is 4.61. The van der Waals surface area contributed by atoms with Crippen LogP contribution in [0.5, 0.6) is 11.5 Å². The number of benzene rings is 2. The molecule has 0 amide bonds. The molecule has 0 unspecified atom stereocenters. The van der Waals surface area contributed by atoms with Crippen LogP contribution >= 0.6 is 0 Å². The molecule has 95 valence electrons. The van der Waals surface area contributed by atoms with Crippen LogP contribution in [-0.4, -0.2) is 27.1 Å². The summed E-state index contributed by atoms with van der Waals surface area (Å²) in [5.74, 6) is 0.715. The van der Waals surface area contributed by atoms with Crippen molar-refractivity contribution in [2.45, 2.75) is 0 Å². The minimum absolute atomic E-state index is 0.140. The van der Waals surface area contributed by atoms with Crippen molar-refractivity contribution in [3.63, 3.8) is 0 Å². The molecule has 0 saturated carbocycles. The van der Waals surface area contributed by atoms with Gasteiger partial charge < -0.3 is 9.84 Å². The van der Waals surface area contributed by atoms with Crippen LogP contribution < -0.4 is 4.74 Å². The van der Waals surface area contributed by atoms with Crippen molar-refractivity contribution in [3.8, 4) is 22.6 Å². The van der Waals surface area contributed by atoms with Crippen molar-refractivity contribution < 1.29 is 9.84 Å². The lowest BCUT2D eigenvalue weighted by Gasteiger charge is -2.12. The van der Waals surface area contributed by atoms with Gasteiger partial charge in [0.1, 0.15) is 17.0 Å². The maximum atomic E-state index is 10.1. The summed E-state index contributed by atoms with van der Waals surface area (Å²) in [5.41, 5.74) is 2.87. The van der Waals surface area contributed by atoms with Gasteiger partial charge in [-0.05, 0) is 25.1 Å². The molecule has 0 aliphatic heterocycles. The van der Waals surface area contributed by atoms with Crippen molar-refractivity contribution in [1.29, 1.82) is 0 Å². The fourth-order valence-electron chi connectivity index (χ4n) is 2.09. The van der Waals surface area contributed by atoms with Crippen LogP contribution in [0.25, 0.3) is 22.2 Å². The number of H-pyrrole nitrogens is 1. The van der Waals surface area contributed by atoms with Gasteiger partial charge in [-0.1, -0.05) is 23.4 Å². The predicted molar refractivity (Wildman–Crippen MR) is 71.8 cm³/mol. The number of hydrogen-bond donors (Lipinski definition) is 2. The minimum atomic E-state index is 0.140. The lowest BCUT2D eigenvalue weighted by atomic mass is 10.0. The Kier molecular flexibility index (Phi) is 2.79. The molecule has 5 nitrogen and oxygen atoms in total. The maximum absolute atomic E-state index is 10.1. The lowest BCUT2D eigenvalue weighted by molar-refractivity contribution is 0.360. The van der Waals surface area contributed by atoms with Gasteiger partial charge in [0.25, 0.3) is 0 Å². The summed E-state index contributed by atoms with van der Waals surface area (Å²) in [6, 6.07) is 10.8. The largest absolute Gasteiger partial charge is 0.507 e. The Morgan fingerprint density at radius 2 is 2.05 bits per heavy atom. The Balaban J connectivity index is 2.29. The topological polar surface area (TPSA) is 71.0 Å². The Bertz CT molecular complexity index is 722. The molecule has 2 aromatic carbocycles. The third-order valence-corrected chi connectivity index (χ3v) is 2.89. The van der Waals surface area contributed by atoms with Crippen LogP contribution in [0.4, 0.5) is 0 Å². The molecular formula is C14H12N3O2. The van der Waals surface area contributed by atoms with Gasteiger partial charge in [-0.2, -0.15) is 0 Å². The van der Waals surface area contributed by atoms with Crippen LogP contribution in [-0.2, 0) is 0 Å². The van der Waals surface area contributed by atoms with Crippen LogP contribution in [0.3, 0.4) is 0 Å². The van der Waals surface area contributed by atoms with Gasteiger partial charge in [-0.25, -0.2) is 0 Å². The molecule has 0 atom stereocenters. The average Bonchev–Trinajstić information content (AvgIpc) is 2.88. The van der Waals surface area contributed by atoms with Gasteiger partial charge in [0.05, 0.1) is 17.7 Å². The lowest BCUT2D eigenvalue weighted by Crippen LogP contribution is -1.95. The van der Waals surface area contributed by atoms with Crippen LogP contribution in [0.1, 0.15) is 0 Å². The molecule has 0 aliphatic rings. The molecule has 2 N–H and O–H groups in total. The fraction of sp³-hybridized carbons (Fsp3) is 0.0714. The number of phenols is 1. The standard InChI is InChI=1S/C14H12N3O2/c1-2-19-12-8-4-7-11(18)13(12)9-5-3-6-10-14(9)16-17-15-10/h3-8,18H,1-2H2,(H,15,16,17). The number of nitrogens with one attached hydrogen (secondary N) is 1. The van der Waals surface area contributed by atoms with E-state index in [0.717, 1.165) is 11.1 Å². The first-order chi connectivity index (χ1) is 9.31. The number of nitrogens with zero attached hydrogens (tertiary/aromatic N) is 2. The van der Waals surface area contributed by atoms with Gasteiger partial charge in [-0.3, -0.25) is 5.10 Å². The Hall–Kier alpha value is -2.56. The van der Waals surface area contributed by atoms with E-state index in [1.165, 1.54) is 0 Å². The minimum Gasteiger partial charge on any atom is -0.507 e. The van der Waals surface area contributed by atoms with Crippen molar-refractivity contribution in [1.82, 2.24) is 15.4 Å². The number of ether oxygens (including phenoxy) is 1. The average molecular weight is 254 g/mol. The molecule has 3 aromatic rings. The Morgan fingerprint density at radius 3 is 2.89 bits per heavy atom. The van der Waals surface area contributed by atoms with Crippen LogP contribution in [0.2, 0.25) is 0 Å². The van der Waals surface area contributed by atoms with Gasteiger partial charge >= 0.3 is 0 Å². The highest BCUT2D eigenvalue weighted by Crippen LogP contribution is 2.40. The summed E-state index contributed by atoms with van der Waals surface area (Å²) in [6.07, 6.45) is 0. The molecular weight excluding hydrogens is 242 g/mol. The van der Waals surface area contributed by atoms with Gasteiger partial charge in [0.2, 0.25) is 0 Å². The molecule has 1 heterocycles. The third-order valence-electron chi connectivity index (χ3n) is 2.89.